The number of rotatable bonds is 5. The van der Waals surface area contributed by atoms with Gasteiger partial charge in [-0.2, -0.15) is 4.98 Å². The largest absolute Gasteiger partial charge is 0.329 e. The van der Waals surface area contributed by atoms with Crippen LogP contribution in [0.3, 0.4) is 0 Å². The number of fused-ring (bicyclic) bond motifs is 1. The molecule has 0 amide bonds. The molecule has 1 aliphatic rings. The van der Waals surface area contributed by atoms with Crippen LogP contribution in [0.4, 0.5) is 20.3 Å². The van der Waals surface area contributed by atoms with E-state index in [1.165, 1.54) is 24.5 Å². The second-order valence-electron chi connectivity index (χ2n) is 8.45. The van der Waals surface area contributed by atoms with Gasteiger partial charge in [0.1, 0.15) is 5.82 Å². The van der Waals surface area contributed by atoms with E-state index in [1.54, 1.807) is 12.1 Å². The third kappa shape index (κ3) is 4.07. The number of hydrogen-bond donors (Lipinski definition) is 2. The molecule has 5 nitrogen and oxygen atoms in total. The highest BCUT2D eigenvalue weighted by Crippen LogP contribution is 2.40. The van der Waals surface area contributed by atoms with Crippen LogP contribution in [0, 0.1) is 10.8 Å². The van der Waals surface area contributed by atoms with Crippen molar-refractivity contribution in [2.24, 2.45) is 0 Å². The number of aromatic nitrogens is 2. The molecule has 1 saturated carbocycles. The number of hydrogen-bond acceptors (Lipinski definition) is 4. The average Bonchev–Trinajstić information content (AvgIpc) is 3.68. The van der Waals surface area contributed by atoms with Gasteiger partial charge in [-0.25, -0.2) is 8.78 Å². The van der Waals surface area contributed by atoms with Gasteiger partial charge in [0.2, 0.25) is 5.62 Å². The summed E-state index contributed by atoms with van der Waals surface area (Å²) in [6, 6.07) is 21.4. The van der Waals surface area contributed by atoms with Crippen LogP contribution in [0.2, 0.25) is 5.02 Å². The van der Waals surface area contributed by atoms with Crippen LogP contribution in [0.5, 0.6) is 0 Å². The van der Waals surface area contributed by atoms with Crippen molar-refractivity contribution in [3.05, 3.63) is 82.9 Å². The van der Waals surface area contributed by atoms with Crippen molar-refractivity contribution in [1.29, 1.82) is 10.8 Å². The Labute approximate surface area is 200 Å². The summed E-state index contributed by atoms with van der Waals surface area (Å²) >= 11 is 6.13. The Morgan fingerprint density at radius 1 is 1.06 bits per heavy atom. The van der Waals surface area contributed by atoms with Gasteiger partial charge in [0.15, 0.2) is 5.84 Å². The number of anilines is 2. The van der Waals surface area contributed by atoms with Gasteiger partial charge in [0, 0.05) is 23.1 Å². The first-order valence-corrected chi connectivity index (χ1v) is 11.3. The molecular formula is C26H22ClF2N5. The van der Waals surface area contributed by atoms with Gasteiger partial charge < -0.3 is 4.90 Å². The monoisotopic (exact) mass is 477 g/mol. The van der Waals surface area contributed by atoms with Crippen LogP contribution in [0.25, 0.3) is 22.0 Å². The summed E-state index contributed by atoms with van der Waals surface area (Å²) in [6.45, 7) is 0. The number of halogens is 3. The Morgan fingerprint density at radius 3 is 2.47 bits per heavy atom. The zero-order valence-corrected chi connectivity index (χ0v) is 19.2. The quantitative estimate of drug-likeness (QED) is 0.252. The minimum absolute atomic E-state index is 0.228. The van der Waals surface area contributed by atoms with Crippen LogP contribution in [0.15, 0.2) is 66.7 Å². The fraction of sp³-hybridized carbons (Fsp3) is 0.192. The first-order valence-electron chi connectivity index (χ1n) is 10.9. The Morgan fingerprint density at radius 2 is 1.79 bits per heavy atom. The summed E-state index contributed by atoms with van der Waals surface area (Å²) in [5, 5.41) is 16.9. The van der Waals surface area contributed by atoms with Crippen molar-refractivity contribution in [2.75, 3.05) is 11.9 Å². The molecule has 0 spiro atoms. The average molecular weight is 478 g/mol. The lowest BCUT2D eigenvalue weighted by molar-refractivity contribution is 0.220. The summed E-state index contributed by atoms with van der Waals surface area (Å²) in [4.78, 5) is 6.10. The number of nitrogens with zero attached hydrogens (tertiary/aromatic N) is 3. The summed E-state index contributed by atoms with van der Waals surface area (Å²) in [6.07, 6.45) is -0.528. The van der Waals surface area contributed by atoms with Crippen LogP contribution in [-0.2, 0) is 0 Å². The molecule has 0 atom stereocenters. The lowest BCUT2D eigenvalue weighted by atomic mass is 10.0. The van der Waals surface area contributed by atoms with Gasteiger partial charge >= 0.3 is 0 Å². The first-order chi connectivity index (χ1) is 16.3. The molecule has 2 N–H and O–H groups in total. The molecule has 8 heteroatoms. The maximum Gasteiger partial charge on any atom is 0.295 e. The second-order valence-corrected chi connectivity index (χ2v) is 8.88. The lowest BCUT2D eigenvalue weighted by Crippen LogP contribution is -2.34. The molecule has 1 heterocycles. The molecule has 5 rings (SSSR count). The molecule has 1 aromatic heterocycles. The first kappa shape index (κ1) is 22.2. The van der Waals surface area contributed by atoms with Crippen molar-refractivity contribution in [3.63, 3.8) is 0 Å². The highest BCUT2D eigenvalue weighted by Gasteiger charge is 2.23. The van der Waals surface area contributed by atoms with Gasteiger partial charge in [-0.3, -0.25) is 15.4 Å². The molecule has 3 aromatic carbocycles. The van der Waals surface area contributed by atoms with Crippen molar-refractivity contribution < 1.29 is 8.78 Å². The third-order valence-corrected chi connectivity index (χ3v) is 6.39. The van der Waals surface area contributed by atoms with Crippen molar-refractivity contribution >= 4 is 39.8 Å². The van der Waals surface area contributed by atoms with Crippen LogP contribution in [-0.4, -0.2) is 28.9 Å². The Kier molecular flexibility index (Phi) is 5.65. The Balaban J connectivity index is 1.58. The SMILES string of the molecule is CN(c1cccc(-c2ccc(C3CC3)cc2)c1)c1nc(=N)n(C(=N)C(F)F)c2cc(Cl)ccc12. The highest BCUT2D eigenvalue weighted by molar-refractivity contribution is 6.31. The van der Waals surface area contributed by atoms with Crippen LogP contribution in [0.1, 0.15) is 24.3 Å². The minimum atomic E-state index is -3.05. The van der Waals surface area contributed by atoms with E-state index in [0.717, 1.165) is 21.4 Å². The van der Waals surface area contributed by atoms with E-state index in [-0.39, 0.29) is 5.52 Å². The molecule has 0 unspecified atom stereocenters. The molecule has 0 bridgehead atoms. The second kappa shape index (κ2) is 8.65. The summed E-state index contributed by atoms with van der Waals surface area (Å²) in [5.41, 5.74) is 4.10. The predicted octanol–water partition coefficient (Wildman–Crippen LogP) is 6.57. The van der Waals surface area contributed by atoms with Gasteiger partial charge in [-0.15, -0.1) is 0 Å². The molecule has 1 aliphatic carbocycles. The Bertz CT molecular complexity index is 1460. The molecule has 4 aromatic rings. The van der Waals surface area contributed by atoms with E-state index in [4.69, 9.17) is 22.4 Å². The fourth-order valence-electron chi connectivity index (χ4n) is 4.18. The van der Waals surface area contributed by atoms with Crippen LogP contribution >= 0.6 is 11.6 Å². The zero-order valence-electron chi connectivity index (χ0n) is 18.4. The van der Waals surface area contributed by atoms with Crippen molar-refractivity contribution in [3.8, 4) is 11.1 Å². The van der Waals surface area contributed by atoms with E-state index in [1.807, 2.05) is 36.2 Å². The number of nitrogens with one attached hydrogen (secondary N) is 2. The molecular weight excluding hydrogens is 456 g/mol. The lowest BCUT2D eigenvalue weighted by Gasteiger charge is -2.23. The van der Waals surface area contributed by atoms with Gasteiger partial charge in [0.05, 0.1) is 5.52 Å². The minimum Gasteiger partial charge on any atom is -0.329 e. The van der Waals surface area contributed by atoms with E-state index >= 15 is 0 Å². The number of benzene rings is 3. The van der Waals surface area contributed by atoms with E-state index in [9.17, 15) is 8.78 Å². The van der Waals surface area contributed by atoms with E-state index in [0.29, 0.717) is 22.1 Å². The molecule has 172 valence electrons. The molecule has 0 aliphatic heterocycles. The fourth-order valence-corrected chi connectivity index (χ4v) is 4.35. The normalized spacial score (nSPS) is 13.4. The third-order valence-electron chi connectivity index (χ3n) is 6.16. The van der Waals surface area contributed by atoms with Gasteiger partial charge in [-0.1, -0.05) is 48.0 Å². The van der Waals surface area contributed by atoms with Crippen molar-refractivity contribution in [2.45, 2.75) is 25.2 Å². The van der Waals surface area contributed by atoms with Gasteiger partial charge in [0.25, 0.3) is 6.43 Å². The maximum atomic E-state index is 13.3. The standard InChI is InChI=1S/C26H22ClF2N5/c1-33(20-4-2-3-18(13-20)17-9-7-16(8-10-17)15-5-6-15)25-21-12-11-19(27)14-22(21)34(26(31)32-25)24(30)23(28)29/h2-4,7-15,23,30-31H,5-6H2,1H3. The summed E-state index contributed by atoms with van der Waals surface area (Å²) in [5.74, 6) is 0.0951. The maximum absolute atomic E-state index is 13.3. The number of alkyl halides is 2. The van der Waals surface area contributed by atoms with Gasteiger partial charge in [-0.05, 0) is 65.8 Å². The summed E-state index contributed by atoms with van der Waals surface area (Å²) in [7, 11) is 1.81. The summed E-state index contributed by atoms with van der Waals surface area (Å²) < 4.78 is 27.5. The molecule has 1 fully saturated rings. The zero-order chi connectivity index (χ0) is 24.0. The molecule has 0 saturated heterocycles. The highest BCUT2D eigenvalue weighted by atomic mass is 35.5. The van der Waals surface area contributed by atoms with Crippen LogP contribution < -0.4 is 10.5 Å². The van der Waals surface area contributed by atoms with Crippen molar-refractivity contribution in [1.82, 2.24) is 9.55 Å². The van der Waals surface area contributed by atoms with E-state index in [2.05, 4.69) is 29.2 Å². The Hall–Kier alpha value is -3.58. The van der Waals surface area contributed by atoms with E-state index < -0.39 is 17.9 Å². The predicted molar refractivity (Wildman–Crippen MR) is 132 cm³/mol. The smallest absolute Gasteiger partial charge is 0.295 e. The molecule has 0 radical (unpaired) electrons. The molecule has 34 heavy (non-hydrogen) atoms. The topological polar surface area (TPSA) is 68.8 Å².